The smallest absolute Gasteiger partial charge is 0.759 e. The van der Waals surface area contributed by atoms with Gasteiger partial charge in [-0.15, -0.1) is 6.42 Å². The topological polar surface area (TPSA) is 80.3 Å². The Labute approximate surface area is 82.2 Å². The van der Waals surface area contributed by atoms with E-state index >= 15 is 0 Å². The van der Waals surface area contributed by atoms with Gasteiger partial charge in [-0.25, -0.2) is 0 Å². The van der Waals surface area contributed by atoms with Crippen molar-refractivity contribution < 1.29 is 38.6 Å². The van der Waals surface area contributed by atoms with Gasteiger partial charge in [0.25, 0.3) is 0 Å². The quantitative estimate of drug-likeness (QED) is 0.314. The van der Waals surface area contributed by atoms with Gasteiger partial charge in [-0.3, -0.25) is 8.42 Å². The summed E-state index contributed by atoms with van der Waals surface area (Å²) in [5.41, 5.74) is 0. The molecule has 66 valence electrons. The van der Waals surface area contributed by atoms with Crippen LogP contribution in [0.2, 0.25) is 0 Å². The van der Waals surface area contributed by atoms with E-state index in [1.807, 2.05) is 0 Å². The van der Waals surface area contributed by atoms with Crippen LogP contribution in [0.4, 0.5) is 0 Å². The molecule has 0 saturated heterocycles. The summed E-state index contributed by atoms with van der Waals surface area (Å²) in [6.07, 6.45) is 3.23. The van der Waals surface area contributed by atoms with Crippen molar-refractivity contribution in [1.29, 1.82) is 0 Å². The Morgan fingerprint density at radius 1 is 1.09 bits per heavy atom. The summed E-state index contributed by atoms with van der Waals surface area (Å²) in [4.78, 5) is 0. The molecule has 0 aromatic carbocycles. The van der Waals surface area contributed by atoms with Gasteiger partial charge in [0.1, 0.15) is 0 Å². The zero-order valence-corrected chi connectivity index (χ0v) is 8.81. The zero-order valence-electron chi connectivity index (χ0n) is 5.99. The number of hydrogen-bond acceptors (Lipinski definition) is 4. The minimum absolute atomic E-state index is 0. The SMILES string of the molecule is O=S(=O)([O-])[O-].[CH2-]CCC[CH2-].[Mo+4]. The molecule has 0 N–H and O–H groups in total. The molecule has 0 unspecified atom stereocenters. The fraction of sp³-hybridized carbons (Fsp3) is 0.600. The summed E-state index contributed by atoms with van der Waals surface area (Å²) >= 11 is 0. The van der Waals surface area contributed by atoms with E-state index in [1.54, 1.807) is 0 Å². The maximum absolute atomic E-state index is 8.52. The first kappa shape index (κ1) is 17.6. The second kappa shape index (κ2) is 10.6. The molecule has 0 heterocycles. The van der Waals surface area contributed by atoms with Gasteiger partial charge >= 0.3 is 21.1 Å². The van der Waals surface area contributed by atoms with Crippen LogP contribution in [0.15, 0.2) is 0 Å². The summed E-state index contributed by atoms with van der Waals surface area (Å²) in [5, 5.41) is 0. The van der Waals surface area contributed by atoms with E-state index in [2.05, 4.69) is 13.8 Å². The van der Waals surface area contributed by atoms with E-state index in [9.17, 15) is 0 Å². The second-order valence-corrected chi connectivity index (χ2v) is 2.29. The Balaban J connectivity index is -0.000000107. The summed E-state index contributed by atoms with van der Waals surface area (Å²) in [5.74, 6) is 0. The maximum Gasteiger partial charge on any atom is 4.00 e. The molecule has 0 aromatic heterocycles. The van der Waals surface area contributed by atoms with Crippen molar-refractivity contribution in [2.75, 3.05) is 0 Å². The Hall–Kier alpha value is 0.558. The first-order chi connectivity index (χ1) is 4.41. The molecule has 0 rings (SSSR count). The minimum atomic E-state index is -5.17. The van der Waals surface area contributed by atoms with Gasteiger partial charge in [-0.05, 0) is 0 Å². The van der Waals surface area contributed by atoms with E-state index in [-0.39, 0.29) is 21.1 Å². The molecular weight excluding hydrogens is 252 g/mol. The standard InChI is InChI=1S/C5H10.Mo.H2O4S/c1-3-5-4-2;;1-5(2,3)4/h1-5H2;;(H2,1,2,3,4)/q-2;+4;/p-2. The third-order valence-electron chi connectivity index (χ3n) is 0.500. The van der Waals surface area contributed by atoms with Crippen LogP contribution < -0.4 is 0 Å². The molecule has 0 amide bonds. The van der Waals surface area contributed by atoms with Crippen LogP contribution >= 0.6 is 0 Å². The molecule has 0 saturated carbocycles. The molecular formula is C5H10MoO4S. The molecule has 11 heavy (non-hydrogen) atoms. The fourth-order valence-corrected chi connectivity index (χ4v) is 0.177. The van der Waals surface area contributed by atoms with Gasteiger partial charge in [0.2, 0.25) is 0 Å². The van der Waals surface area contributed by atoms with Crippen LogP contribution in [0.3, 0.4) is 0 Å². The average Bonchev–Trinajstić information content (AvgIpc) is 1.63. The summed E-state index contributed by atoms with van der Waals surface area (Å²) in [6.45, 7) is 7.27. The van der Waals surface area contributed by atoms with Crippen molar-refractivity contribution in [3.05, 3.63) is 13.8 Å². The Morgan fingerprint density at radius 2 is 1.27 bits per heavy atom. The van der Waals surface area contributed by atoms with Crippen molar-refractivity contribution in [3.63, 3.8) is 0 Å². The van der Waals surface area contributed by atoms with Gasteiger partial charge in [-0.1, -0.05) is 0 Å². The summed E-state index contributed by atoms with van der Waals surface area (Å²) in [6, 6.07) is 0. The third-order valence-corrected chi connectivity index (χ3v) is 0.500. The zero-order chi connectivity index (χ0) is 8.62. The Bertz CT molecular complexity index is 133. The summed E-state index contributed by atoms with van der Waals surface area (Å²) < 4.78 is 34.1. The molecule has 6 heteroatoms. The van der Waals surface area contributed by atoms with Gasteiger partial charge in [0.15, 0.2) is 0 Å². The predicted molar refractivity (Wildman–Crippen MR) is 35.0 cm³/mol. The van der Waals surface area contributed by atoms with Gasteiger partial charge in [0, 0.05) is 10.4 Å². The molecule has 0 fully saturated rings. The predicted octanol–water partition coefficient (Wildman–Crippen LogP) is 0.484. The third kappa shape index (κ3) is 118. The van der Waals surface area contributed by atoms with Gasteiger partial charge < -0.3 is 23.0 Å². The van der Waals surface area contributed by atoms with Gasteiger partial charge in [-0.2, -0.15) is 12.8 Å². The molecule has 0 atom stereocenters. The number of rotatable bonds is 2. The van der Waals surface area contributed by atoms with E-state index in [0.717, 1.165) is 12.8 Å². The molecule has 4 nitrogen and oxygen atoms in total. The van der Waals surface area contributed by atoms with Crippen molar-refractivity contribution in [2.24, 2.45) is 0 Å². The maximum atomic E-state index is 8.52. The van der Waals surface area contributed by atoms with Crippen molar-refractivity contribution in [1.82, 2.24) is 0 Å². The Morgan fingerprint density at radius 3 is 1.27 bits per heavy atom. The number of unbranched alkanes of at least 4 members (excludes halogenated alkanes) is 2. The van der Waals surface area contributed by atoms with E-state index in [0.29, 0.717) is 0 Å². The largest absolute Gasteiger partial charge is 4.00 e. The minimum Gasteiger partial charge on any atom is -0.759 e. The van der Waals surface area contributed by atoms with Crippen LogP contribution in [0, 0.1) is 13.8 Å². The summed E-state index contributed by atoms with van der Waals surface area (Å²) in [7, 11) is -5.17. The molecule has 0 aliphatic rings. The van der Waals surface area contributed by atoms with Crippen LogP contribution in [-0.2, 0) is 31.5 Å². The molecule has 0 bridgehead atoms. The van der Waals surface area contributed by atoms with Crippen LogP contribution in [0.25, 0.3) is 0 Å². The second-order valence-electron chi connectivity index (χ2n) is 1.47. The monoisotopic (exact) mass is 264 g/mol. The van der Waals surface area contributed by atoms with Crippen molar-refractivity contribution >= 4 is 10.4 Å². The van der Waals surface area contributed by atoms with Crippen LogP contribution in [-0.4, -0.2) is 17.5 Å². The molecule has 0 aliphatic carbocycles. The normalized spacial score (nSPS) is 9.09. The van der Waals surface area contributed by atoms with Crippen molar-refractivity contribution in [3.8, 4) is 0 Å². The van der Waals surface area contributed by atoms with Crippen LogP contribution in [0.1, 0.15) is 19.3 Å². The number of hydrogen-bond donors (Lipinski definition) is 0. The van der Waals surface area contributed by atoms with E-state index in [1.165, 1.54) is 6.42 Å². The van der Waals surface area contributed by atoms with E-state index < -0.39 is 10.4 Å². The molecule has 0 aliphatic heterocycles. The fourth-order valence-electron chi connectivity index (χ4n) is 0.177. The van der Waals surface area contributed by atoms with Gasteiger partial charge in [0.05, 0.1) is 0 Å². The van der Waals surface area contributed by atoms with Crippen molar-refractivity contribution in [2.45, 2.75) is 19.3 Å². The molecule has 0 spiro atoms. The molecule has 0 aromatic rings. The molecule has 0 radical (unpaired) electrons. The first-order valence-corrected chi connectivity index (χ1v) is 4.00. The van der Waals surface area contributed by atoms with E-state index in [4.69, 9.17) is 17.5 Å². The van der Waals surface area contributed by atoms with Crippen LogP contribution in [0.5, 0.6) is 0 Å². The first-order valence-electron chi connectivity index (χ1n) is 2.67. The Kier molecular flexibility index (Phi) is 16.9. The average molecular weight is 262 g/mol.